The Kier molecular flexibility index (Phi) is 5.10. The van der Waals surface area contributed by atoms with Gasteiger partial charge in [-0.1, -0.05) is 29.3 Å². The number of urea groups is 1. The third-order valence-electron chi connectivity index (χ3n) is 2.89. The van der Waals surface area contributed by atoms with Gasteiger partial charge in [-0.15, -0.1) is 11.3 Å². The van der Waals surface area contributed by atoms with E-state index in [1.165, 1.54) is 23.3 Å². The highest BCUT2D eigenvalue weighted by atomic mass is 35.5. The summed E-state index contributed by atoms with van der Waals surface area (Å²) in [6.45, 7) is 1.11. The molecule has 2 aromatic rings. The Morgan fingerprint density at radius 2 is 2.23 bits per heavy atom. The lowest BCUT2D eigenvalue weighted by Gasteiger charge is -2.24. The lowest BCUT2D eigenvalue weighted by atomic mass is 10.2. The predicted octanol–water partition coefficient (Wildman–Crippen LogP) is 4.59. The highest BCUT2D eigenvalue weighted by Gasteiger charge is 2.19. The number of carbonyl (C=O) groups excluding carboxylic acids is 1. The highest BCUT2D eigenvalue weighted by Crippen LogP contribution is 2.30. The maximum atomic E-state index is 12.1. The molecule has 1 aliphatic rings. The van der Waals surface area contributed by atoms with Gasteiger partial charge in [0, 0.05) is 10.9 Å². The number of anilines is 1. The van der Waals surface area contributed by atoms with Crippen molar-refractivity contribution in [2.45, 2.75) is 0 Å². The van der Waals surface area contributed by atoms with Gasteiger partial charge in [0.1, 0.15) is 5.94 Å². The van der Waals surface area contributed by atoms with Gasteiger partial charge in [0.05, 0.1) is 28.9 Å². The van der Waals surface area contributed by atoms with Crippen molar-refractivity contribution in [1.29, 1.82) is 0 Å². The number of rotatable bonds is 2. The number of carbonyl (C=O) groups is 1. The Bertz CT molecular complexity index is 690. The molecule has 1 saturated heterocycles. The molecule has 2 heterocycles. The van der Waals surface area contributed by atoms with Crippen LogP contribution < -0.4 is 5.32 Å². The first-order valence-electron chi connectivity index (χ1n) is 6.33. The van der Waals surface area contributed by atoms with Gasteiger partial charge < -0.3 is 4.74 Å². The standard InChI is InChI=1S/C13H11Cl2N3O2S2/c14-9-2-1-8(5-10(9)15)11-6-21-12(16-11)17-13(19)18-3-4-20-7-22-18/h1-2,5-6H,3-4,7H2,(H,16,17,19). The van der Waals surface area contributed by atoms with Crippen LogP contribution in [0.5, 0.6) is 0 Å². The molecule has 2 amide bonds. The summed E-state index contributed by atoms with van der Waals surface area (Å²) < 4.78 is 6.82. The Hall–Kier alpha value is -0.990. The van der Waals surface area contributed by atoms with Crippen molar-refractivity contribution in [3.05, 3.63) is 33.6 Å². The molecule has 1 aromatic carbocycles. The largest absolute Gasteiger partial charge is 0.367 e. The smallest absolute Gasteiger partial charge is 0.333 e. The third kappa shape index (κ3) is 3.67. The molecular weight excluding hydrogens is 365 g/mol. The molecule has 1 aliphatic heterocycles. The Morgan fingerprint density at radius 1 is 1.36 bits per heavy atom. The van der Waals surface area contributed by atoms with Crippen LogP contribution in [-0.2, 0) is 4.74 Å². The third-order valence-corrected chi connectivity index (χ3v) is 5.32. The number of hydrogen-bond donors (Lipinski definition) is 1. The lowest BCUT2D eigenvalue weighted by Crippen LogP contribution is -2.35. The zero-order chi connectivity index (χ0) is 15.5. The van der Waals surface area contributed by atoms with E-state index in [-0.39, 0.29) is 6.03 Å². The van der Waals surface area contributed by atoms with E-state index in [4.69, 9.17) is 27.9 Å². The van der Waals surface area contributed by atoms with Crippen molar-refractivity contribution in [2.24, 2.45) is 0 Å². The van der Waals surface area contributed by atoms with Gasteiger partial charge in [-0.2, -0.15) is 0 Å². The zero-order valence-corrected chi connectivity index (χ0v) is 14.4. The molecule has 1 fully saturated rings. The van der Waals surface area contributed by atoms with Gasteiger partial charge in [0.25, 0.3) is 0 Å². The molecule has 9 heteroatoms. The topological polar surface area (TPSA) is 54.5 Å². The minimum atomic E-state index is -0.191. The van der Waals surface area contributed by atoms with Crippen molar-refractivity contribution in [3.8, 4) is 11.3 Å². The number of halogens is 2. The normalized spacial score (nSPS) is 14.9. The summed E-state index contributed by atoms with van der Waals surface area (Å²) in [6, 6.07) is 5.12. The average Bonchev–Trinajstić information content (AvgIpc) is 2.99. The van der Waals surface area contributed by atoms with Gasteiger partial charge in [-0.3, -0.25) is 9.62 Å². The van der Waals surface area contributed by atoms with Crippen LogP contribution in [0.15, 0.2) is 23.6 Å². The first-order chi connectivity index (χ1) is 10.6. The van der Waals surface area contributed by atoms with Crippen LogP contribution in [0.1, 0.15) is 0 Å². The number of aromatic nitrogens is 1. The molecule has 0 radical (unpaired) electrons. The second-order valence-electron chi connectivity index (χ2n) is 4.35. The number of thiazole rings is 1. The van der Waals surface area contributed by atoms with E-state index in [9.17, 15) is 4.79 Å². The van der Waals surface area contributed by atoms with Crippen molar-refractivity contribution in [1.82, 2.24) is 9.29 Å². The van der Waals surface area contributed by atoms with Crippen molar-refractivity contribution in [3.63, 3.8) is 0 Å². The van der Waals surface area contributed by atoms with E-state index in [1.54, 1.807) is 16.4 Å². The van der Waals surface area contributed by atoms with E-state index in [0.717, 1.165) is 11.3 Å². The molecule has 1 aromatic heterocycles. The van der Waals surface area contributed by atoms with Crippen molar-refractivity contribution < 1.29 is 9.53 Å². The first-order valence-corrected chi connectivity index (χ1v) is 8.91. The molecule has 5 nitrogen and oxygen atoms in total. The van der Waals surface area contributed by atoms with Crippen LogP contribution in [0, 0.1) is 0 Å². The second kappa shape index (κ2) is 7.06. The summed E-state index contributed by atoms with van der Waals surface area (Å²) in [5, 5.41) is 6.16. The fourth-order valence-corrected chi connectivity index (χ4v) is 3.50. The maximum Gasteiger partial charge on any atom is 0.333 e. The Balaban J connectivity index is 1.70. The van der Waals surface area contributed by atoms with Gasteiger partial charge in [0.2, 0.25) is 0 Å². The Morgan fingerprint density at radius 3 is 2.95 bits per heavy atom. The Labute approximate surface area is 145 Å². The molecule has 0 unspecified atom stereocenters. The van der Waals surface area contributed by atoms with E-state index in [1.807, 2.05) is 11.4 Å². The molecule has 3 rings (SSSR count). The van der Waals surface area contributed by atoms with Crippen molar-refractivity contribution in [2.75, 3.05) is 24.4 Å². The molecule has 1 N–H and O–H groups in total. The summed E-state index contributed by atoms with van der Waals surface area (Å²) in [6.07, 6.45) is 0. The van der Waals surface area contributed by atoms with Crippen LogP contribution in [0.25, 0.3) is 11.3 Å². The van der Waals surface area contributed by atoms with Crippen LogP contribution in [0.3, 0.4) is 0 Å². The van der Waals surface area contributed by atoms with Crippen LogP contribution in [0.4, 0.5) is 9.93 Å². The molecule has 22 heavy (non-hydrogen) atoms. The fourth-order valence-electron chi connectivity index (χ4n) is 1.81. The number of ether oxygens (including phenoxy) is 1. The predicted molar refractivity (Wildman–Crippen MR) is 91.7 cm³/mol. The quantitative estimate of drug-likeness (QED) is 0.780. The minimum Gasteiger partial charge on any atom is -0.367 e. The highest BCUT2D eigenvalue weighted by molar-refractivity contribution is 7.97. The fraction of sp³-hybridized carbons (Fsp3) is 0.231. The van der Waals surface area contributed by atoms with Crippen LogP contribution in [0.2, 0.25) is 10.0 Å². The summed E-state index contributed by atoms with van der Waals surface area (Å²) in [5.74, 6) is 0.486. The minimum absolute atomic E-state index is 0.191. The number of nitrogens with zero attached hydrogens (tertiary/aromatic N) is 2. The summed E-state index contributed by atoms with van der Waals surface area (Å²) in [5.41, 5.74) is 1.60. The lowest BCUT2D eigenvalue weighted by molar-refractivity contribution is 0.152. The van der Waals surface area contributed by atoms with E-state index in [2.05, 4.69) is 10.3 Å². The molecule has 116 valence electrons. The molecule has 0 saturated carbocycles. The monoisotopic (exact) mass is 375 g/mol. The summed E-state index contributed by atoms with van der Waals surface area (Å²) in [4.78, 5) is 16.5. The van der Waals surface area contributed by atoms with E-state index in [0.29, 0.717) is 34.3 Å². The van der Waals surface area contributed by atoms with Crippen molar-refractivity contribution >= 4 is 57.6 Å². The first kappa shape index (κ1) is 15.9. The van der Waals surface area contributed by atoms with Gasteiger partial charge >= 0.3 is 6.03 Å². The zero-order valence-electron chi connectivity index (χ0n) is 11.2. The van der Waals surface area contributed by atoms with Gasteiger partial charge in [-0.05, 0) is 24.1 Å². The van der Waals surface area contributed by atoms with Crippen LogP contribution in [-0.4, -0.2) is 34.4 Å². The van der Waals surface area contributed by atoms with E-state index < -0.39 is 0 Å². The molecule has 0 atom stereocenters. The molecule has 0 spiro atoms. The summed E-state index contributed by atoms with van der Waals surface area (Å²) >= 11 is 14.6. The molecule has 0 bridgehead atoms. The molecular formula is C13H11Cl2N3O2S2. The number of benzene rings is 1. The van der Waals surface area contributed by atoms with Gasteiger partial charge in [0.15, 0.2) is 5.13 Å². The van der Waals surface area contributed by atoms with E-state index >= 15 is 0 Å². The number of hydrogen-bond acceptors (Lipinski definition) is 5. The second-order valence-corrected chi connectivity index (χ2v) is 6.96. The average molecular weight is 376 g/mol. The molecule has 0 aliphatic carbocycles. The summed E-state index contributed by atoms with van der Waals surface area (Å²) in [7, 11) is 0. The SMILES string of the molecule is O=C(Nc1nc(-c2ccc(Cl)c(Cl)c2)cs1)N1CCOCS1. The van der Waals surface area contributed by atoms with Crippen LogP contribution >= 0.6 is 46.5 Å². The number of amides is 2. The van der Waals surface area contributed by atoms with Gasteiger partial charge in [-0.25, -0.2) is 9.78 Å². The maximum absolute atomic E-state index is 12.1. The number of nitrogens with one attached hydrogen (secondary N) is 1.